The van der Waals surface area contributed by atoms with Crippen LogP contribution in [0.4, 0.5) is 14.0 Å². The van der Waals surface area contributed by atoms with Crippen molar-refractivity contribution in [2.75, 3.05) is 13.1 Å². The molecule has 4 aromatic carbocycles. The van der Waals surface area contributed by atoms with E-state index in [4.69, 9.17) is 19.7 Å². The summed E-state index contributed by atoms with van der Waals surface area (Å²) in [6.07, 6.45) is 1.91. The van der Waals surface area contributed by atoms with Crippen molar-refractivity contribution < 1.29 is 43.3 Å². The molecular formula is C34H31FN2O8. The average Bonchev–Trinajstić information content (AvgIpc) is 3.01. The van der Waals surface area contributed by atoms with E-state index in [0.717, 1.165) is 5.39 Å². The van der Waals surface area contributed by atoms with Crippen LogP contribution in [-0.2, 0) is 9.59 Å². The number of benzene rings is 4. The van der Waals surface area contributed by atoms with Gasteiger partial charge in [0.25, 0.3) is 0 Å². The Morgan fingerprint density at radius 3 is 1.71 bits per heavy atom. The molecule has 0 saturated heterocycles. The minimum Gasteiger partial charge on any atom is -0.478 e. The van der Waals surface area contributed by atoms with Crippen LogP contribution in [0.3, 0.4) is 0 Å². The quantitative estimate of drug-likeness (QED) is 0.106. The highest BCUT2D eigenvalue weighted by Crippen LogP contribution is 2.45. The first-order chi connectivity index (χ1) is 21.5. The Hall–Kier alpha value is -5.71. The smallest absolute Gasteiger partial charge is 0.412 e. The largest absolute Gasteiger partial charge is 0.478 e. The molecule has 2 amide bonds. The van der Waals surface area contributed by atoms with Crippen molar-refractivity contribution in [1.29, 1.82) is 0 Å². The molecular weight excluding hydrogens is 583 g/mol. The molecule has 0 spiro atoms. The molecule has 0 unspecified atom stereocenters. The number of halogens is 1. The maximum Gasteiger partial charge on any atom is 0.412 e. The maximum absolute atomic E-state index is 14.3. The van der Waals surface area contributed by atoms with E-state index in [1.54, 1.807) is 30.3 Å². The average molecular weight is 615 g/mol. The van der Waals surface area contributed by atoms with Gasteiger partial charge in [-0.1, -0.05) is 54.6 Å². The maximum atomic E-state index is 14.3. The molecule has 0 heterocycles. The molecule has 0 bridgehead atoms. The number of rotatable bonds is 11. The van der Waals surface area contributed by atoms with E-state index in [0.29, 0.717) is 27.3 Å². The SMILES string of the molecule is C/C(=C\CCNC(=O)Oc1ccc2ccccc2c1-c1c(OC(=O)NCC/C=C(\C)C(=O)O)ccc2cc(F)ccc12)C(=O)O. The molecule has 10 nitrogen and oxygen atoms in total. The molecule has 45 heavy (non-hydrogen) atoms. The molecule has 4 N–H and O–H groups in total. The van der Waals surface area contributed by atoms with Crippen LogP contribution < -0.4 is 20.1 Å². The molecule has 0 radical (unpaired) electrons. The standard InChI is InChI=1S/C34H31FN2O8/c1-20(31(38)39)7-5-17-36-33(42)44-27-15-11-22-9-3-4-10-25(22)29(27)30-26-14-13-24(35)19-23(26)12-16-28(30)45-34(43)37-18-6-8-21(2)32(40)41/h3-4,7-16,19H,5-6,17-18H2,1-2H3,(H,36,42)(H,37,43)(H,38,39)(H,40,41)/b20-7+,21-8+. The first-order valence-electron chi connectivity index (χ1n) is 14.0. The number of carboxylic acid groups (broad SMARTS) is 2. The van der Waals surface area contributed by atoms with Gasteiger partial charge in [-0.25, -0.2) is 23.6 Å². The van der Waals surface area contributed by atoms with Crippen molar-refractivity contribution in [2.24, 2.45) is 0 Å². The second-order valence-corrected chi connectivity index (χ2v) is 10.1. The number of carbonyl (C=O) groups is 4. The van der Waals surface area contributed by atoms with Gasteiger partial charge < -0.3 is 30.3 Å². The monoisotopic (exact) mass is 614 g/mol. The zero-order valence-electron chi connectivity index (χ0n) is 24.6. The van der Waals surface area contributed by atoms with Gasteiger partial charge in [-0.2, -0.15) is 0 Å². The van der Waals surface area contributed by atoms with Gasteiger partial charge >= 0.3 is 24.1 Å². The number of amides is 2. The lowest BCUT2D eigenvalue weighted by atomic mass is 9.92. The van der Waals surface area contributed by atoms with Gasteiger partial charge in [-0.05, 0) is 72.5 Å². The van der Waals surface area contributed by atoms with Gasteiger partial charge in [0.05, 0.1) is 0 Å². The van der Waals surface area contributed by atoms with Crippen LogP contribution in [0, 0.1) is 5.82 Å². The van der Waals surface area contributed by atoms with Crippen molar-refractivity contribution in [3.63, 3.8) is 0 Å². The Morgan fingerprint density at radius 1 is 0.689 bits per heavy atom. The van der Waals surface area contributed by atoms with Crippen LogP contribution in [0.1, 0.15) is 26.7 Å². The summed E-state index contributed by atoms with van der Waals surface area (Å²) in [5.41, 5.74) is 1.10. The van der Waals surface area contributed by atoms with Crippen molar-refractivity contribution in [2.45, 2.75) is 26.7 Å². The van der Waals surface area contributed by atoms with E-state index in [9.17, 15) is 23.6 Å². The molecule has 0 fully saturated rings. The Labute approximate surface area is 257 Å². The third-order valence-electron chi connectivity index (χ3n) is 6.89. The Balaban J connectivity index is 1.72. The second-order valence-electron chi connectivity index (χ2n) is 10.1. The van der Waals surface area contributed by atoms with Crippen LogP contribution in [0.5, 0.6) is 11.5 Å². The lowest BCUT2D eigenvalue weighted by molar-refractivity contribution is -0.133. The van der Waals surface area contributed by atoms with E-state index in [1.807, 2.05) is 18.2 Å². The van der Waals surface area contributed by atoms with Crippen molar-refractivity contribution in [3.8, 4) is 22.6 Å². The number of carboxylic acids is 2. The summed E-state index contributed by atoms with van der Waals surface area (Å²) in [6, 6.07) is 18.0. The molecule has 0 saturated carbocycles. The fourth-order valence-corrected chi connectivity index (χ4v) is 4.59. The number of hydrogen-bond donors (Lipinski definition) is 4. The van der Waals surface area contributed by atoms with Crippen molar-refractivity contribution in [3.05, 3.63) is 95.8 Å². The lowest BCUT2D eigenvalue weighted by Gasteiger charge is -2.19. The number of hydrogen-bond acceptors (Lipinski definition) is 6. The summed E-state index contributed by atoms with van der Waals surface area (Å²) in [7, 11) is 0. The minimum atomic E-state index is -1.05. The van der Waals surface area contributed by atoms with Gasteiger partial charge in [0, 0.05) is 35.4 Å². The summed E-state index contributed by atoms with van der Waals surface area (Å²) in [5, 5.41) is 25.7. The molecule has 11 heteroatoms. The van der Waals surface area contributed by atoms with Gasteiger partial charge in [-0.3, -0.25) is 0 Å². The van der Waals surface area contributed by atoms with E-state index in [1.165, 1.54) is 44.2 Å². The molecule has 0 atom stereocenters. The number of ether oxygens (including phenoxy) is 2. The highest BCUT2D eigenvalue weighted by molar-refractivity contribution is 6.10. The first-order valence-corrected chi connectivity index (χ1v) is 14.0. The number of aliphatic carboxylic acids is 2. The summed E-state index contributed by atoms with van der Waals surface area (Å²) >= 11 is 0. The first kappa shape index (κ1) is 32.2. The fourth-order valence-electron chi connectivity index (χ4n) is 4.59. The molecule has 0 aliphatic rings. The summed E-state index contributed by atoms with van der Waals surface area (Å²) in [6.45, 7) is 3.14. The number of fused-ring (bicyclic) bond motifs is 2. The molecule has 4 aromatic rings. The second kappa shape index (κ2) is 14.6. The summed E-state index contributed by atoms with van der Waals surface area (Å²) < 4.78 is 25.7. The van der Waals surface area contributed by atoms with E-state index in [-0.39, 0.29) is 48.6 Å². The Kier molecular flexibility index (Phi) is 10.5. The van der Waals surface area contributed by atoms with Crippen LogP contribution in [-0.4, -0.2) is 47.4 Å². The van der Waals surface area contributed by atoms with Crippen molar-refractivity contribution in [1.82, 2.24) is 10.6 Å². The Bertz CT molecular complexity index is 1850. The third kappa shape index (κ3) is 8.23. The Morgan fingerprint density at radius 2 is 1.18 bits per heavy atom. The van der Waals surface area contributed by atoms with Crippen LogP contribution in [0.15, 0.2) is 90.0 Å². The molecule has 4 rings (SSSR count). The normalized spacial score (nSPS) is 11.7. The van der Waals surface area contributed by atoms with Gasteiger partial charge in [0.1, 0.15) is 17.3 Å². The molecule has 0 aliphatic heterocycles. The van der Waals surface area contributed by atoms with Crippen LogP contribution >= 0.6 is 0 Å². The van der Waals surface area contributed by atoms with Gasteiger partial charge in [0.2, 0.25) is 0 Å². The number of nitrogens with one attached hydrogen (secondary N) is 2. The molecule has 0 aliphatic carbocycles. The predicted octanol–water partition coefficient (Wildman–Crippen LogP) is 6.82. The van der Waals surface area contributed by atoms with E-state index >= 15 is 0 Å². The summed E-state index contributed by atoms with van der Waals surface area (Å²) in [5.74, 6) is -2.32. The predicted molar refractivity (Wildman–Crippen MR) is 167 cm³/mol. The highest BCUT2D eigenvalue weighted by atomic mass is 19.1. The topological polar surface area (TPSA) is 151 Å². The van der Waals surface area contributed by atoms with E-state index < -0.39 is 29.9 Å². The van der Waals surface area contributed by atoms with E-state index in [2.05, 4.69) is 10.6 Å². The summed E-state index contributed by atoms with van der Waals surface area (Å²) in [4.78, 5) is 47.7. The zero-order chi connectivity index (χ0) is 32.5. The minimum absolute atomic E-state index is 0.111. The number of carbonyl (C=O) groups excluding carboxylic acids is 2. The van der Waals surface area contributed by atoms with Gasteiger partial charge in [-0.15, -0.1) is 0 Å². The third-order valence-corrected chi connectivity index (χ3v) is 6.89. The van der Waals surface area contributed by atoms with Gasteiger partial charge in [0.15, 0.2) is 0 Å². The van der Waals surface area contributed by atoms with Crippen LogP contribution in [0.2, 0.25) is 0 Å². The zero-order valence-corrected chi connectivity index (χ0v) is 24.6. The van der Waals surface area contributed by atoms with Crippen LogP contribution in [0.25, 0.3) is 32.7 Å². The fraction of sp³-hybridized carbons (Fsp3) is 0.176. The lowest BCUT2D eigenvalue weighted by Crippen LogP contribution is -2.28. The molecule has 232 valence electrons. The highest BCUT2D eigenvalue weighted by Gasteiger charge is 2.22. The molecule has 0 aromatic heterocycles. The van der Waals surface area contributed by atoms with Crippen molar-refractivity contribution >= 4 is 45.7 Å².